The van der Waals surface area contributed by atoms with E-state index in [0.29, 0.717) is 19.0 Å². The third-order valence-electron chi connectivity index (χ3n) is 4.22. The second-order valence-corrected chi connectivity index (χ2v) is 6.21. The zero-order valence-corrected chi connectivity index (χ0v) is 13.6. The van der Waals surface area contributed by atoms with Crippen molar-refractivity contribution in [2.45, 2.75) is 32.1 Å². The Labute approximate surface area is 136 Å². The molecule has 1 aliphatic rings. The smallest absolute Gasteiger partial charge is 0.230 e. The fourth-order valence-corrected chi connectivity index (χ4v) is 2.93. The van der Waals surface area contributed by atoms with Crippen LogP contribution in [0.3, 0.4) is 0 Å². The molecule has 5 nitrogen and oxygen atoms in total. The Morgan fingerprint density at radius 3 is 2.35 bits per heavy atom. The molecule has 1 aromatic carbocycles. The summed E-state index contributed by atoms with van der Waals surface area (Å²) in [7, 11) is 0. The molecule has 0 bridgehead atoms. The number of aromatic nitrogens is 2. The van der Waals surface area contributed by atoms with Gasteiger partial charge < -0.3 is 10.6 Å². The summed E-state index contributed by atoms with van der Waals surface area (Å²) in [5.74, 6) is 0.704. The minimum absolute atomic E-state index is 0.123. The Morgan fingerprint density at radius 2 is 1.74 bits per heavy atom. The van der Waals surface area contributed by atoms with E-state index in [-0.39, 0.29) is 11.3 Å². The van der Waals surface area contributed by atoms with Crippen LogP contribution in [-0.4, -0.2) is 29.0 Å². The Balaban J connectivity index is 1.55. The molecule has 1 fully saturated rings. The molecule has 1 saturated carbocycles. The first-order chi connectivity index (χ1) is 11.1. The maximum Gasteiger partial charge on any atom is 0.230 e. The molecule has 0 aliphatic heterocycles. The van der Waals surface area contributed by atoms with E-state index in [1.165, 1.54) is 11.1 Å². The number of carbonyl (C=O) groups excluding carboxylic acids is 1. The fraction of sp³-hybridized carbons (Fsp3) is 0.389. The monoisotopic (exact) mass is 310 g/mol. The fourth-order valence-electron chi connectivity index (χ4n) is 2.93. The Bertz CT molecular complexity index is 675. The summed E-state index contributed by atoms with van der Waals surface area (Å²) in [6.45, 7) is 5.32. The Kier molecular flexibility index (Phi) is 4.28. The van der Waals surface area contributed by atoms with Crippen molar-refractivity contribution in [1.29, 1.82) is 0 Å². The second-order valence-electron chi connectivity index (χ2n) is 6.21. The van der Waals surface area contributed by atoms with E-state index >= 15 is 0 Å². The number of hydrogen-bond acceptors (Lipinski definition) is 4. The topological polar surface area (TPSA) is 66.9 Å². The van der Waals surface area contributed by atoms with E-state index in [2.05, 4.69) is 52.6 Å². The van der Waals surface area contributed by atoms with Gasteiger partial charge in [-0.05, 0) is 38.3 Å². The van der Waals surface area contributed by atoms with Gasteiger partial charge in [0.05, 0.1) is 5.41 Å². The van der Waals surface area contributed by atoms with E-state index in [0.717, 1.165) is 18.4 Å². The highest BCUT2D eigenvalue weighted by molar-refractivity contribution is 5.91. The maximum atomic E-state index is 12.6. The molecule has 5 heteroatoms. The molecule has 3 rings (SSSR count). The average molecular weight is 310 g/mol. The number of benzene rings is 1. The van der Waals surface area contributed by atoms with Crippen LogP contribution in [0.1, 0.15) is 29.5 Å². The molecule has 1 heterocycles. The highest BCUT2D eigenvalue weighted by Gasteiger charge is 2.51. The molecule has 1 aliphatic carbocycles. The Hall–Kier alpha value is -2.43. The van der Waals surface area contributed by atoms with Gasteiger partial charge in [0.15, 0.2) is 0 Å². The summed E-state index contributed by atoms with van der Waals surface area (Å²) in [6, 6.07) is 8.18. The van der Waals surface area contributed by atoms with Gasteiger partial charge in [-0.15, -0.1) is 0 Å². The Morgan fingerprint density at radius 1 is 1.09 bits per heavy atom. The van der Waals surface area contributed by atoms with Crippen LogP contribution in [0.4, 0.5) is 5.95 Å². The van der Waals surface area contributed by atoms with E-state index in [9.17, 15) is 4.79 Å². The zero-order chi connectivity index (χ0) is 16.3. The summed E-state index contributed by atoms with van der Waals surface area (Å²) >= 11 is 0. The lowest BCUT2D eigenvalue weighted by atomic mass is 9.92. The van der Waals surface area contributed by atoms with Crippen LogP contribution >= 0.6 is 0 Å². The second kappa shape index (κ2) is 6.36. The van der Waals surface area contributed by atoms with Crippen LogP contribution in [0.2, 0.25) is 0 Å². The maximum absolute atomic E-state index is 12.6. The third-order valence-corrected chi connectivity index (χ3v) is 4.22. The van der Waals surface area contributed by atoms with Crippen molar-refractivity contribution in [3.05, 3.63) is 53.3 Å². The summed E-state index contributed by atoms with van der Waals surface area (Å²) in [4.78, 5) is 20.8. The number of anilines is 1. The third kappa shape index (κ3) is 3.50. The minimum atomic E-state index is -0.319. The highest BCUT2D eigenvalue weighted by atomic mass is 16.2. The van der Waals surface area contributed by atoms with Crippen LogP contribution in [0.25, 0.3) is 0 Å². The molecule has 0 radical (unpaired) electrons. The highest BCUT2D eigenvalue weighted by Crippen LogP contribution is 2.48. The van der Waals surface area contributed by atoms with E-state index < -0.39 is 0 Å². The number of carbonyl (C=O) groups is 1. The average Bonchev–Trinajstić information content (AvgIpc) is 3.33. The van der Waals surface area contributed by atoms with Gasteiger partial charge in [-0.25, -0.2) is 9.97 Å². The summed E-state index contributed by atoms with van der Waals surface area (Å²) < 4.78 is 0. The van der Waals surface area contributed by atoms with Gasteiger partial charge in [-0.3, -0.25) is 4.79 Å². The van der Waals surface area contributed by atoms with Gasteiger partial charge in [-0.2, -0.15) is 0 Å². The first-order valence-corrected chi connectivity index (χ1v) is 7.98. The molecule has 120 valence electrons. The van der Waals surface area contributed by atoms with Gasteiger partial charge in [0, 0.05) is 25.5 Å². The predicted molar refractivity (Wildman–Crippen MR) is 90.4 cm³/mol. The summed E-state index contributed by atoms with van der Waals surface area (Å²) in [5, 5.41) is 6.13. The lowest BCUT2D eigenvalue weighted by Crippen LogP contribution is -2.37. The van der Waals surface area contributed by atoms with E-state index in [1.54, 1.807) is 18.5 Å². The number of rotatable bonds is 6. The van der Waals surface area contributed by atoms with Gasteiger partial charge in [0.1, 0.15) is 0 Å². The quantitative estimate of drug-likeness (QED) is 0.804. The molecular weight excluding hydrogens is 288 g/mol. The molecule has 2 N–H and O–H groups in total. The van der Waals surface area contributed by atoms with Crippen molar-refractivity contribution < 1.29 is 4.79 Å². The van der Waals surface area contributed by atoms with Crippen LogP contribution in [0.15, 0.2) is 36.7 Å². The van der Waals surface area contributed by atoms with Crippen LogP contribution in [0.5, 0.6) is 0 Å². The number of nitrogens with one attached hydrogen (secondary N) is 2. The SMILES string of the molecule is Cc1cc(C)cc(C2(C(=O)NCCNc3ncccn3)CC2)c1. The molecule has 23 heavy (non-hydrogen) atoms. The lowest BCUT2D eigenvalue weighted by Gasteiger charge is -2.17. The number of aryl methyl sites for hydroxylation is 2. The van der Waals surface area contributed by atoms with Gasteiger partial charge in [-0.1, -0.05) is 29.3 Å². The van der Waals surface area contributed by atoms with E-state index in [1.807, 2.05) is 0 Å². The lowest BCUT2D eigenvalue weighted by molar-refractivity contribution is -0.123. The first kappa shape index (κ1) is 15.5. The minimum Gasteiger partial charge on any atom is -0.354 e. The first-order valence-electron chi connectivity index (χ1n) is 7.98. The van der Waals surface area contributed by atoms with Crippen molar-refractivity contribution in [3.63, 3.8) is 0 Å². The standard InChI is InChI=1S/C18H22N4O/c1-13-10-14(2)12-15(11-13)18(4-5-18)16(23)19-8-9-22-17-20-6-3-7-21-17/h3,6-7,10-12H,4-5,8-9H2,1-2H3,(H,19,23)(H,20,21,22). The predicted octanol–water partition coefficient (Wildman–Crippen LogP) is 2.35. The molecule has 0 unspecified atom stereocenters. The number of hydrogen-bond donors (Lipinski definition) is 2. The largest absolute Gasteiger partial charge is 0.354 e. The molecule has 1 amide bonds. The van der Waals surface area contributed by atoms with Crippen molar-refractivity contribution >= 4 is 11.9 Å². The molecular formula is C18H22N4O. The number of amides is 1. The van der Waals surface area contributed by atoms with Gasteiger partial charge in [0.2, 0.25) is 11.9 Å². The van der Waals surface area contributed by atoms with Crippen LogP contribution in [-0.2, 0) is 10.2 Å². The molecule has 0 spiro atoms. The van der Waals surface area contributed by atoms with Crippen molar-refractivity contribution in [3.8, 4) is 0 Å². The summed E-state index contributed by atoms with van der Waals surface area (Å²) in [5.41, 5.74) is 3.25. The van der Waals surface area contributed by atoms with E-state index in [4.69, 9.17) is 0 Å². The number of nitrogens with zero attached hydrogens (tertiary/aromatic N) is 2. The molecule has 2 aromatic rings. The molecule has 1 aromatic heterocycles. The zero-order valence-electron chi connectivity index (χ0n) is 13.6. The van der Waals surface area contributed by atoms with Gasteiger partial charge in [0.25, 0.3) is 0 Å². The molecule has 0 saturated heterocycles. The van der Waals surface area contributed by atoms with Crippen LogP contribution < -0.4 is 10.6 Å². The summed E-state index contributed by atoms with van der Waals surface area (Å²) in [6.07, 6.45) is 5.23. The van der Waals surface area contributed by atoms with Gasteiger partial charge >= 0.3 is 0 Å². The molecule has 0 atom stereocenters. The van der Waals surface area contributed by atoms with Crippen molar-refractivity contribution in [2.75, 3.05) is 18.4 Å². The van der Waals surface area contributed by atoms with Crippen molar-refractivity contribution in [2.24, 2.45) is 0 Å². The normalized spacial score (nSPS) is 15.0. The van der Waals surface area contributed by atoms with Crippen LogP contribution in [0, 0.1) is 13.8 Å². The van der Waals surface area contributed by atoms with Crippen molar-refractivity contribution in [1.82, 2.24) is 15.3 Å².